The second-order valence-electron chi connectivity index (χ2n) is 14.5. The van der Waals surface area contributed by atoms with Crippen LogP contribution in [0.1, 0.15) is 153 Å². The Hall–Kier alpha value is -1.72. The maximum atomic E-state index is 6.07. The van der Waals surface area contributed by atoms with E-state index in [0.717, 1.165) is 26.1 Å². The Kier molecular flexibility index (Phi) is 26.6. The Morgan fingerprint density at radius 1 is 0.417 bits per heavy atom. The number of nitrogens with zero attached hydrogens (tertiary/aromatic N) is 2. The molecule has 2 aromatic rings. The Morgan fingerprint density at radius 3 is 1.12 bits per heavy atom. The standard InChI is InChI=1S/C44H76N2O2/c1-5-7-9-11-13-15-17-19-31-45(3)33-21-23-35-47-39-41-27-25-29-43(37-41)44-30-26-28-42(38-44)40-48-36-24-22-34-46(4)32-20-18-16-14-12-10-8-6-2/h25-30,37-38H,5-24,31-36,39-40H2,1-4H3. The van der Waals surface area contributed by atoms with Crippen LogP contribution in [0.2, 0.25) is 0 Å². The summed E-state index contributed by atoms with van der Waals surface area (Å²) >= 11 is 0. The molecule has 48 heavy (non-hydrogen) atoms. The molecule has 0 radical (unpaired) electrons. The van der Waals surface area contributed by atoms with Gasteiger partial charge in [0.2, 0.25) is 0 Å². The van der Waals surface area contributed by atoms with Crippen molar-refractivity contribution in [3.63, 3.8) is 0 Å². The molecule has 0 fully saturated rings. The van der Waals surface area contributed by atoms with Crippen molar-refractivity contribution < 1.29 is 9.47 Å². The summed E-state index contributed by atoms with van der Waals surface area (Å²) in [5.41, 5.74) is 4.99. The molecule has 0 aliphatic carbocycles. The van der Waals surface area contributed by atoms with E-state index in [4.69, 9.17) is 9.47 Å². The lowest BCUT2D eigenvalue weighted by atomic mass is 10.0. The van der Waals surface area contributed by atoms with E-state index >= 15 is 0 Å². The summed E-state index contributed by atoms with van der Waals surface area (Å²) in [6, 6.07) is 17.6. The van der Waals surface area contributed by atoms with Crippen molar-refractivity contribution in [2.75, 3.05) is 53.5 Å². The minimum Gasteiger partial charge on any atom is -0.377 e. The van der Waals surface area contributed by atoms with Crippen molar-refractivity contribution in [2.24, 2.45) is 0 Å². The quantitative estimate of drug-likeness (QED) is 0.0709. The van der Waals surface area contributed by atoms with E-state index in [1.54, 1.807) is 0 Å². The van der Waals surface area contributed by atoms with Crippen molar-refractivity contribution in [1.82, 2.24) is 9.80 Å². The molecule has 2 rings (SSSR count). The zero-order valence-electron chi connectivity index (χ0n) is 32.1. The minimum absolute atomic E-state index is 0.680. The minimum atomic E-state index is 0.680. The third-order valence-electron chi connectivity index (χ3n) is 9.67. The van der Waals surface area contributed by atoms with E-state index in [1.807, 2.05) is 0 Å². The Bertz CT molecular complexity index is 916. The zero-order chi connectivity index (χ0) is 34.3. The molecule has 0 heterocycles. The van der Waals surface area contributed by atoms with Crippen LogP contribution < -0.4 is 0 Å². The van der Waals surface area contributed by atoms with Gasteiger partial charge in [-0.1, -0.05) is 140 Å². The molecular formula is C44H76N2O2. The number of rotatable bonds is 33. The first-order chi connectivity index (χ1) is 23.6. The van der Waals surface area contributed by atoms with Crippen molar-refractivity contribution in [3.05, 3.63) is 59.7 Å². The molecule has 0 amide bonds. The molecule has 0 aliphatic heterocycles. The molecule has 4 heteroatoms. The van der Waals surface area contributed by atoms with Gasteiger partial charge in [0.1, 0.15) is 0 Å². The molecule has 0 aliphatic rings. The second-order valence-corrected chi connectivity index (χ2v) is 14.5. The fourth-order valence-corrected chi connectivity index (χ4v) is 6.49. The van der Waals surface area contributed by atoms with Crippen LogP contribution in [0.15, 0.2) is 48.5 Å². The lowest BCUT2D eigenvalue weighted by molar-refractivity contribution is 0.115. The average Bonchev–Trinajstić information content (AvgIpc) is 3.10. The van der Waals surface area contributed by atoms with Gasteiger partial charge in [-0.3, -0.25) is 0 Å². The van der Waals surface area contributed by atoms with Gasteiger partial charge < -0.3 is 19.3 Å². The summed E-state index contributed by atoms with van der Waals surface area (Å²) in [7, 11) is 4.54. The Labute approximate surface area is 298 Å². The summed E-state index contributed by atoms with van der Waals surface area (Å²) in [6.45, 7) is 12.4. The molecular weight excluding hydrogens is 588 g/mol. The topological polar surface area (TPSA) is 24.9 Å². The highest BCUT2D eigenvalue weighted by molar-refractivity contribution is 5.64. The first-order valence-electron chi connectivity index (χ1n) is 20.3. The molecule has 0 atom stereocenters. The van der Waals surface area contributed by atoms with E-state index in [-0.39, 0.29) is 0 Å². The lowest BCUT2D eigenvalue weighted by Crippen LogP contribution is -2.21. The number of ether oxygens (including phenoxy) is 2. The molecule has 0 unspecified atom stereocenters. The highest BCUT2D eigenvalue weighted by Gasteiger charge is 2.04. The van der Waals surface area contributed by atoms with Crippen molar-refractivity contribution in [2.45, 2.75) is 155 Å². The van der Waals surface area contributed by atoms with E-state index in [2.05, 4.69) is 86.3 Å². The Morgan fingerprint density at radius 2 is 0.750 bits per heavy atom. The van der Waals surface area contributed by atoms with E-state index in [9.17, 15) is 0 Å². The summed E-state index contributed by atoms with van der Waals surface area (Å²) in [5, 5.41) is 0. The molecule has 2 aromatic carbocycles. The van der Waals surface area contributed by atoms with Crippen molar-refractivity contribution in [1.29, 1.82) is 0 Å². The maximum Gasteiger partial charge on any atom is 0.0717 e. The molecule has 0 bridgehead atoms. The van der Waals surface area contributed by atoms with Crippen LogP contribution in [0, 0.1) is 0 Å². The van der Waals surface area contributed by atoms with Crippen LogP contribution in [0.5, 0.6) is 0 Å². The predicted molar refractivity (Wildman–Crippen MR) is 210 cm³/mol. The molecule has 0 saturated carbocycles. The highest BCUT2D eigenvalue weighted by atomic mass is 16.5. The average molecular weight is 665 g/mol. The fraction of sp³-hybridized carbons (Fsp3) is 0.727. The molecule has 0 N–H and O–H groups in total. The van der Waals surface area contributed by atoms with Crippen LogP contribution in [0.4, 0.5) is 0 Å². The summed E-state index contributed by atoms with van der Waals surface area (Å²) in [5.74, 6) is 0. The SMILES string of the molecule is CCCCCCCCCCN(C)CCCCOCc1cccc(-c2cccc(COCCCCN(C)CCCCCCCCCC)c2)c1. The van der Waals surface area contributed by atoms with Gasteiger partial charge in [0.25, 0.3) is 0 Å². The van der Waals surface area contributed by atoms with E-state index in [0.29, 0.717) is 13.2 Å². The molecule has 0 aromatic heterocycles. The predicted octanol–water partition coefficient (Wildman–Crippen LogP) is 12.1. The molecule has 0 spiro atoms. The van der Waals surface area contributed by atoms with Gasteiger partial charge >= 0.3 is 0 Å². The van der Waals surface area contributed by atoms with E-state index < -0.39 is 0 Å². The van der Waals surface area contributed by atoms with Gasteiger partial charge in [-0.05, 0) is 113 Å². The van der Waals surface area contributed by atoms with Gasteiger partial charge in [-0.15, -0.1) is 0 Å². The van der Waals surface area contributed by atoms with Crippen LogP contribution in [-0.2, 0) is 22.7 Å². The highest BCUT2D eigenvalue weighted by Crippen LogP contribution is 2.23. The normalized spacial score (nSPS) is 11.7. The monoisotopic (exact) mass is 665 g/mol. The molecule has 4 nitrogen and oxygen atoms in total. The van der Waals surface area contributed by atoms with Crippen molar-refractivity contribution in [3.8, 4) is 11.1 Å². The first kappa shape index (κ1) is 42.4. The third kappa shape index (κ3) is 22.8. The van der Waals surface area contributed by atoms with Gasteiger partial charge in [0, 0.05) is 13.2 Å². The third-order valence-corrected chi connectivity index (χ3v) is 9.67. The number of hydrogen-bond acceptors (Lipinski definition) is 4. The van der Waals surface area contributed by atoms with Crippen LogP contribution in [-0.4, -0.2) is 63.3 Å². The maximum absolute atomic E-state index is 6.07. The number of benzene rings is 2. The van der Waals surface area contributed by atoms with Crippen LogP contribution >= 0.6 is 0 Å². The lowest BCUT2D eigenvalue weighted by Gasteiger charge is -2.16. The summed E-state index contributed by atoms with van der Waals surface area (Å²) in [4.78, 5) is 5.00. The number of hydrogen-bond donors (Lipinski definition) is 0. The van der Waals surface area contributed by atoms with Gasteiger partial charge in [0.05, 0.1) is 13.2 Å². The van der Waals surface area contributed by atoms with Crippen molar-refractivity contribution >= 4 is 0 Å². The number of unbranched alkanes of at least 4 members (excludes halogenated alkanes) is 16. The summed E-state index contributed by atoms with van der Waals surface area (Å²) < 4.78 is 12.1. The largest absolute Gasteiger partial charge is 0.377 e. The molecule has 274 valence electrons. The zero-order valence-corrected chi connectivity index (χ0v) is 32.1. The summed E-state index contributed by atoms with van der Waals surface area (Å²) in [6.07, 6.45) is 26.9. The van der Waals surface area contributed by atoms with E-state index in [1.165, 1.54) is 164 Å². The van der Waals surface area contributed by atoms with Crippen LogP contribution in [0.25, 0.3) is 11.1 Å². The van der Waals surface area contributed by atoms with Gasteiger partial charge in [-0.2, -0.15) is 0 Å². The first-order valence-corrected chi connectivity index (χ1v) is 20.3. The van der Waals surface area contributed by atoms with Crippen LogP contribution in [0.3, 0.4) is 0 Å². The van der Waals surface area contributed by atoms with Gasteiger partial charge in [0.15, 0.2) is 0 Å². The Balaban J connectivity index is 1.52. The smallest absolute Gasteiger partial charge is 0.0717 e. The fourth-order valence-electron chi connectivity index (χ4n) is 6.49. The van der Waals surface area contributed by atoms with Gasteiger partial charge in [-0.25, -0.2) is 0 Å². The second kappa shape index (κ2) is 30.1. The molecule has 0 saturated heterocycles.